The zero-order valence-electron chi connectivity index (χ0n) is 13.3. The molecule has 0 fully saturated rings. The maximum atomic E-state index is 5.65. The van der Waals surface area contributed by atoms with E-state index in [1.807, 2.05) is 12.1 Å². The number of imidazole rings is 1. The summed E-state index contributed by atoms with van der Waals surface area (Å²) >= 11 is 0. The predicted octanol–water partition coefficient (Wildman–Crippen LogP) is 4.89. The molecule has 3 heteroatoms. The molecule has 23 heavy (non-hydrogen) atoms. The fourth-order valence-electron chi connectivity index (χ4n) is 3.24. The lowest BCUT2D eigenvalue weighted by molar-refractivity contribution is 0.416. The van der Waals surface area contributed by atoms with Crippen molar-refractivity contribution >= 4 is 21.8 Å². The van der Waals surface area contributed by atoms with Crippen molar-refractivity contribution < 1.29 is 4.74 Å². The Morgan fingerprint density at radius 3 is 2.57 bits per heavy atom. The number of nitrogens with zero attached hydrogens (tertiary/aromatic N) is 2. The Morgan fingerprint density at radius 2 is 1.74 bits per heavy atom. The molecule has 0 saturated heterocycles. The third-order valence-electron chi connectivity index (χ3n) is 4.31. The normalized spacial score (nSPS) is 11.2. The van der Waals surface area contributed by atoms with Crippen molar-refractivity contribution in [1.82, 2.24) is 9.55 Å². The van der Waals surface area contributed by atoms with Crippen molar-refractivity contribution in [3.63, 3.8) is 0 Å². The quantitative estimate of drug-likeness (QED) is 0.539. The highest BCUT2D eigenvalue weighted by molar-refractivity contribution is 5.99. The van der Waals surface area contributed by atoms with E-state index in [1.54, 1.807) is 7.11 Å². The van der Waals surface area contributed by atoms with E-state index in [4.69, 9.17) is 9.72 Å². The molecule has 1 aromatic heterocycles. The number of para-hydroxylation sites is 2. The molecule has 0 aliphatic carbocycles. The second kappa shape index (κ2) is 5.43. The number of benzene rings is 3. The van der Waals surface area contributed by atoms with Gasteiger partial charge in [0.2, 0.25) is 0 Å². The molecule has 0 radical (unpaired) electrons. The van der Waals surface area contributed by atoms with Gasteiger partial charge in [0.25, 0.3) is 0 Å². The maximum absolute atomic E-state index is 5.65. The minimum Gasteiger partial charge on any atom is -0.496 e. The molecule has 3 aromatic carbocycles. The fourth-order valence-corrected chi connectivity index (χ4v) is 3.24. The Bertz CT molecular complexity index is 1000. The molecule has 1 heterocycles. The molecule has 4 aromatic rings. The molecule has 0 N–H and O–H groups in total. The Hall–Kier alpha value is -2.81. The molecular weight excluding hydrogens is 284 g/mol. The van der Waals surface area contributed by atoms with Crippen molar-refractivity contribution in [3.05, 3.63) is 60.7 Å². The van der Waals surface area contributed by atoms with E-state index in [1.165, 1.54) is 5.39 Å². The number of ether oxygens (including phenoxy) is 1. The topological polar surface area (TPSA) is 27.1 Å². The minimum atomic E-state index is 0.855. The summed E-state index contributed by atoms with van der Waals surface area (Å²) in [5.74, 6) is 1.82. The van der Waals surface area contributed by atoms with Gasteiger partial charge in [0.05, 0.1) is 23.7 Å². The molecule has 114 valence electrons. The summed E-state index contributed by atoms with van der Waals surface area (Å²) in [5, 5.41) is 2.36. The number of rotatable bonds is 3. The lowest BCUT2D eigenvalue weighted by Crippen LogP contribution is -2.00. The molecule has 0 aliphatic heterocycles. The lowest BCUT2D eigenvalue weighted by Gasteiger charge is -2.13. The van der Waals surface area contributed by atoms with Gasteiger partial charge in [-0.05, 0) is 35.9 Å². The number of fused-ring (bicyclic) bond motifs is 2. The van der Waals surface area contributed by atoms with E-state index in [-0.39, 0.29) is 0 Å². The molecule has 0 unspecified atom stereocenters. The predicted molar refractivity (Wildman–Crippen MR) is 94.9 cm³/mol. The van der Waals surface area contributed by atoms with Crippen molar-refractivity contribution in [2.75, 3.05) is 7.11 Å². The van der Waals surface area contributed by atoms with E-state index < -0.39 is 0 Å². The number of hydrogen-bond acceptors (Lipinski definition) is 2. The second-order valence-electron chi connectivity index (χ2n) is 5.53. The van der Waals surface area contributed by atoms with Crippen molar-refractivity contribution in [1.29, 1.82) is 0 Å². The lowest BCUT2D eigenvalue weighted by atomic mass is 10.0. The van der Waals surface area contributed by atoms with Crippen LogP contribution in [0.15, 0.2) is 60.7 Å². The summed E-state index contributed by atoms with van der Waals surface area (Å²) in [6, 6.07) is 20.7. The van der Waals surface area contributed by atoms with Crippen molar-refractivity contribution in [2.24, 2.45) is 0 Å². The van der Waals surface area contributed by atoms with E-state index >= 15 is 0 Å². The number of aromatic nitrogens is 2. The molecule has 0 saturated carbocycles. The van der Waals surface area contributed by atoms with Crippen LogP contribution >= 0.6 is 0 Å². The first kappa shape index (κ1) is 13.8. The standard InChI is InChI=1S/C20H18N2O/c1-3-22-17-11-7-6-10-16(17)21-20(22)19-15-9-5-4-8-14(15)12-13-18(19)23-2/h4-13H,3H2,1-2H3. The van der Waals surface area contributed by atoms with E-state index in [0.29, 0.717) is 0 Å². The van der Waals surface area contributed by atoms with Crippen molar-refractivity contribution in [3.8, 4) is 17.1 Å². The van der Waals surface area contributed by atoms with Gasteiger partial charge in [0.1, 0.15) is 11.6 Å². The van der Waals surface area contributed by atoms with Crippen molar-refractivity contribution in [2.45, 2.75) is 13.5 Å². The highest BCUT2D eigenvalue weighted by Crippen LogP contribution is 2.37. The zero-order valence-corrected chi connectivity index (χ0v) is 13.3. The van der Waals surface area contributed by atoms with Gasteiger partial charge in [-0.25, -0.2) is 4.98 Å². The van der Waals surface area contributed by atoms with Crippen LogP contribution in [0.4, 0.5) is 0 Å². The zero-order chi connectivity index (χ0) is 15.8. The molecule has 0 bridgehead atoms. The van der Waals surface area contributed by atoms with Crippen LogP contribution in [-0.4, -0.2) is 16.7 Å². The Labute approximate surface area is 135 Å². The Morgan fingerprint density at radius 1 is 0.957 bits per heavy atom. The smallest absolute Gasteiger partial charge is 0.145 e. The molecule has 0 aliphatic rings. The average molecular weight is 302 g/mol. The minimum absolute atomic E-state index is 0.855. The van der Waals surface area contributed by atoms with Crippen LogP contribution in [0.5, 0.6) is 5.75 Å². The van der Waals surface area contributed by atoms with Gasteiger partial charge in [0, 0.05) is 6.54 Å². The van der Waals surface area contributed by atoms with Gasteiger partial charge in [-0.2, -0.15) is 0 Å². The van der Waals surface area contributed by atoms with E-state index in [0.717, 1.165) is 40.1 Å². The molecular formula is C20H18N2O. The van der Waals surface area contributed by atoms with Gasteiger partial charge in [-0.1, -0.05) is 42.5 Å². The third kappa shape index (κ3) is 2.08. The monoisotopic (exact) mass is 302 g/mol. The SMILES string of the molecule is CCn1c(-c2c(OC)ccc3ccccc23)nc2ccccc21. The summed E-state index contributed by atoms with van der Waals surface area (Å²) in [4.78, 5) is 4.90. The highest BCUT2D eigenvalue weighted by atomic mass is 16.5. The van der Waals surface area contributed by atoms with E-state index in [9.17, 15) is 0 Å². The van der Waals surface area contributed by atoms with Gasteiger partial charge >= 0.3 is 0 Å². The summed E-state index contributed by atoms with van der Waals surface area (Å²) in [7, 11) is 1.71. The first-order valence-electron chi connectivity index (χ1n) is 7.85. The highest BCUT2D eigenvalue weighted by Gasteiger charge is 2.17. The third-order valence-corrected chi connectivity index (χ3v) is 4.31. The number of hydrogen-bond donors (Lipinski definition) is 0. The first-order chi connectivity index (χ1) is 11.3. The second-order valence-corrected chi connectivity index (χ2v) is 5.53. The summed E-state index contributed by atoms with van der Waals surface area (Å²) < 4.78 is 7.90. The maximum Gasteiger partial charge on any atom is 0.145 e. The van der Waals surface area contributed by atoms with Gasteiger partial charge < -0.3 is 9.30 Å². The summed E-state index contributed by atoms with van der Waals surface area (Å²) in [6.45, 7) is 3.01. The summed E-state index contributed by atoms with van der Waals surface area (Å²) in [5.41, 5.74) is 3.22. The molecule has 0 spiro atoms. The van der Waals surface area contributed by atoms with Crippen LogP contribution in [0, 0.1) is 0 Å². The van der Waals surface area contributed by atoms with Crippen LogP contribution in [0.3, 0.4) is 0 Å². The number of aryl methyl sites for hydroxylation is 1. The largest absolute Gasteiger partial charge is 0.496 e. The van der Waals surface area contributed by atoms with Gasteiger partial charge in [-0.3, -0.25) is 0 Å². The average Bonchev–Trinajstić information content (AvgIpc) is 2.98. The Balaban J connectivity index is 2.13. The van der Waals surface area contributed by atoms with E-state index in [2.05, 4.69) is 60.0 Å². The van der Waals surface area contributed by atoms with Gasteiger partial charge in [-0.15, -0.1) is 0 Å². The molecule has 0 atom stereocenters. The van der Waals surface area contributed by atoms with Crippen LogP contribution in [0.1, 0.15) is 6.92 Å². The van der Waals surface area contributed by atoms with Crippen LogP contribution in [0.25, 0.3) is 33.2 Å². The van der Waals surface area contributed by atoms with Gasteiger partial charge in [0.15, 0.2) is 0 Å². The Kier molecular flexibility index (Phi) is 3.27. The first-order valence-corrected chi connectivity index (χ1v) is 7.85. The number of methoxy groups -OCH3 is 1. The van der Waals surface area contributed by atoms with Crippen LogP contribution in [0.2, 0.25) is 0 Å². The molecule has 3 nitrogen and oxygen atoms in total. The molecule has 0 amide bonds. The fraction of sp³-hybridized carbons (Fsp3) is 0.150. The van der Waals surface area contributed by atoms with Crippen LogP contribution < -0.4 is 4.74 Å². The van der Waals surface area contributed by atoms with Crippen LogP contribution in [-0.2, 0) is 6.54 Å². The molecule has 4 rings (SSSR count). The summed E-state index contributed by atoms with van der Waals surface area (Å²) in [6.07, 6.45) is 0.